The van der Waals surface area contributed by atoms with E-state index < -0.39 is 10.0 Å². The van der Waals surface area contributed by atoms with E-state index in [1.165, 1.54) is 0 Å². The van der Waals surface area contributed by atoms with Gasteiger partial charge in [0.25, 0.3) is 0 Å². The Morgan fingerprint density at radius 3 is 2.45 bits per heavy atom. The van der Waals surface area contributed by atoms with Gasteiger partial charge in [0.05, 0.1) is 12.8 Å². The molecule has 7 heteroatoms. The van der Waals surface area contributed by atoms with Crippen molar-refractivity contribution >= 4 is 27.5 Å². The van der Waals surface area contributed by atoms with Crippen LogP contribution in [-0.4, -0.2) is 49.9 Å². The molecular formula is C15H23ClN2O3S. The maximum atomic E-state index is 12.2. The first-order chi connectivity index (χ1) is 10.3. The quantitative estimate of drug-likeness (QED) is 0.726. The summed E-state index contributed by atoms with van der Waals surface area (Å²) in [6.45, 7) is 2.58. The topological polar surface area (TPSA) is 57.7 Å². The Morgan fingerprint density at radius 2 is 1.91 bits per heavy atom. The summed E-state index contributed by atoms with van der Waals surface area (Å²) in [7, 11) is -1.81. The van der Waals surface area contributed by atoms with E-state index in [0.29, 0.717) is 17.1 Å². The van der Waals surface area contributed by atoms with Gasteiger partial charge in [0.15, 0.2) is 0 Å². The molecule has 0 N–H and O–H groups in total. The van der Waals surface area contributed by atoms with Gasteiger partial charge in [-0.05, 0) is 18.1 Å². The van der Waals surface area contributed by atoms with Gasteiger partial charge < -0.3 is 4.90 Å². The minimum absolute atomic E-state index is 0.0892. The van der Waals surface area contributed by atoms with Crippen molar-refractivity contribution in [1.82, 2.24) is 9.21 Å². The third-order valence-corrected chi connectivity index (χ3v) is 4.92. The molecule has 0 atom stereocenters. The predicted molar refractivity (Wildman–Crippen MR) is 89.3 cm³/mol. The second-order valence-corrected chi connectivity index (χ2v) is 7.68. The van der Waals surface area contributed by atoms with Crippen LogP contribution in [0, 0.1) is 0 Å². The van der Waals surface area contributed by atoms with Gasteiger partial charge in [-0.2, -0.15) is 4.31 Å². The molecule has 0 spiro atoms. The van der Waals surface area contributed by atoms with Gasteiger partial charge >= 0.3 is 0 Å². The molecule has 1 amide bonds. The van der Waals surface area contributed by atoms with Crippen LogP contribution in [0.3, 0.4) is 0 Å². The van der Waals surface area contributed by atoms with Crippen molar-refractivity contribution in [3.63, 3.8) is 0 Å². The van der Waals surface area contributed by atoms with E-state index in [1.54, 1.807) is 36.2 Å². The molecule has 1 rings (SSSR count). The van der Waals surface area contributed by atoms with Crippen molar-refractivity contribution in [2.75, 3.05) is 26.4 Å². The third-order valence-electron chi connectivity index (χ3n) is 3.36. The summed E-state index contributed by atoms with van der Waals surface area (Å²) in [6, 6.07) is 7.02. The summed E-state index contributed by atoms with van der Waals surface area (Å²) in [5, 5.41) is 0.489. The van der Waals surface area contributed by atoms with Gasteiger partial charge in [-0.3, -0.25) is 4.79 Å². The summed E-state index contributed by atoms with van der Waals surface area (Å²) >= 11 is 6.07. The molecule has 0 saturated heterocycles. The Labute approximate surface area is 137 Å². The predicted octanol–water partition coefficient (Wildman–Crippen LogP) is 2.36. The van der Waals surface area contributed by atoms with Gasteiger partial charge in [-0.1, -0.05) is 43.1 Å². The van der Waals surface area contributed by atoms with Crippen LogP contribution in [0.4, 0.5) is 0 Å². The number of sulfonamides is 1. The number of nitrogens with zero attached hydrogens (tertiary/aromatic N) is 2. The minimum atomic E-state index is -3.50. The van der Waals surface area contributed by atoms with E-state index in [2.05, 4.69) is 0 Å². The van der Waals surface area contributed by atoms with Crippen LogP contribution in [0.2, 0.25) is 5.02 Å². The Kier molecular flexibility index (Phi) is 7.32. The second-order valence-electron chi connectivity index (χ2n) is 5.29. The molecule has 0 fully saturated rings. The lowest BCUT2D eigenvalue weighted by Crippen LogP contribution is -2.41. The van der Waals surface area contributed by atoms with Crippen LogP contribution >= 0.6 is 11.6 Å². The first kappa shape index (κ1) is 18.9. The monoisotopic (exact) mass is 346 g/mol. The fraction of sp³-hybridized carbons (Fsp3) is 0.533. The molecule has 0 bridgehead atoms. The van der Waals surface area contributed by atoms with E-state index in [-0.39, 0.29) is 19.0 Å². The number of rotatable bonds is 8. The number of carbonyl (C=O) groups excluding carboxylic acids is 1. The van der Waals surface area contributed by atoms with Crippen molar-refractivity contribution in [1.29, 1.82) is 0 Å². The maximum Gasteiger partial charge on any atom is 0.237 e. The second kappa shape index (κ2) is 8.50. The first-order valence-corrected chi connectivity index (χ1v) is 9.40. The molecule has 0 unspecified atom stereocenters. The highest BCUT2D eigenvalue weighted by Crippen LogP contribution is 2.18. The summed E-state index contributed by atoms with van der Waals surface area (Å²) in [5.74, 6) is -0.217. The van der Waals surface area contributed by atoms with Crippen LogP contribution in [0.5, 0.6) is 0 Å². The number of hydrogen-bond donors (Lipinski definition) is 0. The third kappa shape index (κ3) is 5.94. The van der Waals surface area contributed by atoms with E-state index in [9.17, 15) is 13.2 Å². The average Bonchev–Trinajstić information content (AvgIpc) is 2.45. The summed E-state index contributed by atoms with van der Waals surface area (Å²) in [4.78, 5) is 13.7. The minimum Gasteiger partial charge on any atom is -0.345 e. The Morgan fingerprint density at radius 1 is 1.27 bits per heavy atom. The van der Waals surface area contributed by atoms with Gasteiger partial charge in [-0.15, -0.1) is 0 Å². The van der Waals surface area contributed by atoms with E-state index in [1.807, 2.05) is 6.92 Å². The molecule has 0 aliphatic heterocycles. The number of unbranched alkanes of at least 4 members (excludes halogenated alkanes) is 1. The molecule has 0 saturated carbocycles. The molecule has 22 heavy (non-hydrogen) atoms. The molecular weight excluding hydrogens is 324 g/mol. The number of hydrogen-bond acceptors (Lipinski definition) is 3. The zero-order valence-electron chi connectivity index (χ0n) is 13.3. The molecule has 0 aromatic heterocycles. The van der Waals surface area contributed by atoms with Gasteiger partial charge in [0.2, 0.25) is 15.9 Å². The molecule has 0 aliphatic carbocycles. The fourth-order valence-corrected chi connectivity index (χ4v) is 2.81. The SMILES string of the molecule is CCCCN(C)C(=O)CN(Cc1ccccc1Cl)S(C)(=O)=O. The Hall–Kier alpha value is -1.11. The van der Waals surface area contributed by atoms with Crippen LogP contribution < -0.4 is 0 Å². The van der Waals surface area contributed by atoms with Gasteiger partial charge in [0, 0.05) is 25.2 Å². The number of halogens is 1. The average molecular weight is 347 g/mol. The normalized spacial score (nSPS) is 11.7. The number of carbonyl (C=O) groups is 1. The van der Waals surface area contributed by atoms with Crippen LogP contribution in [0.25, 0.3) is 0 Å². The van der Waals surface area contributed by atoms with Crippen LogP contribution in [0.15, 0.2) is 24.3 Å². The van der Waals surface area contributed by atoms with Crippen LogP contribution in [0.1, 0.15) is 25.3 Å². The lowest BCUT2D eigenvalue weighted by Gasteiger charge is -2.23. The Bertz CT molecular complexity index is 605. The van der Waals surface area contributed by atoms with Gasteiger partial charge in [0.1, 0.15) is 0 Å². The lowest BCUT2D eigenvalue weighted by molar-refractivity contribution is -0.130. The summed E-state index contributed by atoms with van der Waals surface area (Å²) < 4.78 is 25.0. The molecule has 5 nitrogen and oxygen atoms in total. The van der Waals surface area contributed by atoms with Crippen molar-refractivity contribution in [2.24, 2.45) is 0 Å². The number of likely N-dealkylation sites (N-methyl/N-ethyl adjacent to an activating group) is 1. The van der Waals surface area contributed by atoms with Crippen molar-refractivity contribution in [2.45, 2.75) is 26.3 Å². The van der Waals surface area contributed by atoms with Crippen LogP contribution in [-0.2, 0) is 21.4 Å². The number of benzene rings is 1. The zero-order valence-corrected chi connectivity index (χ0v) is 14.8. The molecule has 0 heterocycles. The van der Waals surface area contributed by atoms with Crippen molar-refractivity contribution in [3.05, 3.63) is 34.9 Å². The van der Waals surface area contributed by atoms with E-state index in [0.717, 1.165) is 23.4 Å². The zero-order chi connectivity index (χ0) is 16.8. The highest BCUT2D eigenvalue weighted by atomic mass is 35.5. The molecule has 0 aliphatic rings. The summed E-state index contributed by atoms with van der Waals surface area (Å²) in [5.41, 5.74) is 0.679. The highest BCUT2D eigenvalue weighted by molar-refractivity contribution is 7.88. The highest BCUT2D eigenvalue weighted by Gasteiger charge is 2.23. The first-order valence-electron chi connectivity index (χ1n) is 7.18. The van der Waals surface area contributed by atoms with Crippen molar-refractivity contribution in [3.8, 4) is 0 Å². The number of amides is 1. The summed E-state index contributed by atoms with van der Waals surface area (Å²) in [6.07, 6.45) is 2.97. The molecule has 0 radical (unpaired) electrons. The standard InChI is InChI=1S/C15H23ClN2O3S/c1-4-5-10-17(2)15(19)12-18(22(3,20)21)11-13-8-6-7-9-14(13)16/h6-9H,4-5,10-12H2,1-3H3. The van der Waals surface area contributed by atoms with E-state index in [4.69, 9.17) is 11.6 Å². The molecule has 124 valence electrons. The largest absolute Gasteiger partial charge is 0.345 e. The maximum absolute atomic E-state index is 12.2. The molecule has 1 aromatic carbocycles. The van der Waals surface area contributed by atoms with E-state index >= 15 is 0 Å². The van der Waals surface area contributed by atoms with Gasteiger partial charge in [-0.25, -0.2) is 8.42 Å². The fourth-order valence-electron chi connectivity index (χ4n) is 1.90. The lowest BCUT2D eigenvalue weighted by atomic mass is 10.2. The smallest absolute Gasteiger partial charge is 0.237 e. The Balaban J connectivity index is 2.83. The molecule has 1 aromatic rings. The van der Waals surface area contributed by atoms with Crippen molar-refractivity contribution < 1.29 is 13.2 Å².